The van der Waals surface area contributed by atoms with Gasteiger partial charge in [0.2, 0.25) is 5.91 Å². The highest BCUT2D eigenvalue weighted by atomic mass is 35.5. The van der Waals surface area contributed by atoms with Gasteiger partial charge in [-0.25, -0.2) is 4.98 Å². The Hall–Kier alpha value is -4.08. The maximum atomic E-state index is 12.2. The van der Waals surface area contributed by atoms with Crippen molar-refractivity contribution in [2.45, 2.75) is 101 Å². The van der Waals surface area contributed by atoms with Crippen molar-refractivity contribution < 1.29 is 9.53 Å². The van der Waals surface area contributed by atoms with Gasteiger partial charge in [-0.1, -0.05) is 123 Å². The van der Waals surface area contributed by atoms with Crippen molar-refractivity contribution >= 4 is 23.2 Å². The molecule has 1 atom stereocenters. The van der Waals surface area contributed by atoms with E-state index in [4.69, 9.17) is 16.3 Å². The third-order valence-corrected chi connectivity index (χ3v) is 7.90. The molecule has 6 nitrogen and oxygen atoms in total. The molecule has 3 aromatic carbocycles. The number of benzene rings is 3. The minimum Gasteiger partial charge on any atom is -0.454 e. The van der Waals surface area contributed by atoms with Crippen LogP contribution < -0.4 is 9.64 Å². The summed E-state index contributed by atoms with van der Waals surface area (Å²) in [4.78, 5) is 18.3. The summed E-state index contributed by atoms with van der Waals surface area (Å²) in [5, 5.41) is 9.83. The molecule has 4 aromatic rings. The minimum absolute atomic E-state index is 0.243. The molecule has 0 aliphatic heterocycles. The van der Waals surface area contributed by atoms with Crippen LogP contribution in [0.25, 0.3) is 0 Å². The molecule has 1 aromatic heterocycles. The van der Waals surface area contributed by atoms with Crippen molar-refractivity contribution in [1.82, 2.24) is 9.55 Å². The third-order valence-electron chi connectivity index (χ3n) is 7.59. The van der Waals surface area contributed by atoms with E-state index in [1.807, 2.05) is 85.9 Å². The largest absolute Gasteiger partial charge is 0.454 e. The number of anilines is 1. The Bertz CT molecular complexity index is 1490. The number of halogens is 1. The first-order valence-electron chi connectivity index (χ1n) is 17.5. The van der Waals surface area contributed by atoms with Gasteiger partial charge in [0.25, 0.3) is 0 Å². The minimum atomic E-state index is 0.243. The zero-order chi connectivity index (χ0) is 35.9. The second-order valence-electron chi connectivity index (χ2n) is 11.7. The summed E-state index contributed by atoms with van der Waals surface area (Å²) in [6.07, 6.45) is 8.59. The van der Waals surface area contributed by atoms with Crippen LogP contribution in [0.15, 0.2) is 85.3 Å². The summed E-state index contributed by atoms with van der Waals surface area (Å²) in [5.74, 6) is 2.62. The first-order valence-corrected chi connectivity index (χ1v) is 17.8. The maximum absolute atomic E-state index is 12.2. The number of hydrogen-bond donors (Lipinski definition) is 0. The number of nitriles is 1. The second kappa shape index (κ2) is 24.1. The molecule has 0 bridgehead atoms. The number of imidazole rings is 1. The molecule has 0 fully saturated rings. The van der Waals surface area contributed by atoms with Crippen molar-refractivity contribution in [2.24, 2.45) is 11.8 Å². The van der Waals surface area contributed by atoms with E-state index in [1.165, 1.54) is 6.42 Å². The molecule has 0 aliphatic carbocycles. The first kappa shape index (κ1) is 41.9. The summed E-state index contributed by atoms with van der Waals surface area (Å²) >= 11 is 6.14. The number of para-hydroxylation sites is 2. The highest BCUT2D eigenvalue weighted by molar-refractivity contribution is 6.32. The van der Waals surface area contributed by atoms with Crippen LogP contribution >= 0.6 is 11.6 Å². The lowest BCUT2D eigenvalue weighted by Gasteiger charge is -2.23. The van der Waals surface area contributed by atoms with Crippen molar-refractivity contribution in [3.05, 3.63) is 107 Å². The van der Waals surface area contributed by atoms with Crippen molar-refractivity contribution in [3.8, 4) is 17.6 Å². The molecule has 1 heterocycles. The molecule has 260 valence electrons. The predicted octanol–water partition coefficient (Wildman–Crippen LogP) is 11.8. The SMILES string of the molecule is CC.CCC(C)C.CCCN(C(=O)CC(C)CC)c1ccccc1.CCc1cncn1Cc1ccc(C#N)c(Oc2ccccc2Cl)c1. The van der Waals surface area contributed by atoms with E-state index in [1.54, 1.807) is 18.2 Å². The van der Waals surface area contributed by atoms with E-state index in [-0.39, 0.29) is 5.91 Å². The fourth-order valence-corrected chi connectivity index (χ4v) is 4.43. The van der Waals surface area contributed by atoms with Crippen molar-refractivity contribution in [1.29, 1.82) is 5.26 Å². The molecular formula is C41H57ClN4O2. The van der Waals surface area contributed by atoms with Gasteiger partial charge in [0.15, 0.2) is 0 Å². The maximum Gasteiger partial charge on any atom is 0.227 e. The number of amides is 1. The number of nitrogens with zero attached hydrogens (tertiary/aromatic N) is 4. The summed E-state index contributed by atoms with van der Waals surface area (Å²) in [6, 6.07) is 24.9. The Morgan fingerprint density at radius 3 is 2.15 bits per heavy atom. The molecule has 0 N–H and O–H groups in total. The Balaban J connectivity index is 0.000000419. The number of ether oxygens (including phenoxy) is 1. The number of carbonyl (C=O) groups is 1. The van der Waals surface area contributed by atoms with Gasteiger partial charge in [-0.15, -0.1) is 0 Å². The van der Waals surface area contributed by atoms with E-state index >= 15 is 0 Å². The molecule has 0 spiro atoms. The van der Waals surface area contributed by atoms with Gasteiger partial charge in [0.1, 0.15) is 17.6 Å². The first-order chi connectivity index (χ1) is 23.2. The number of hydrogen-bond acceptors (Lipinski definition) is 4. The van der Waals surface area contributed by atoms with E-state index in [0.29, 0.717) is 41.0 Å². The Morgan fingerprint density at radius 2 is 1.58 bits per heavy atom. The van der Waals surface area contributed by atoms with Crippen LogP contribution in [0.1, 0.15) is 105 Å². The summed E-state index contributed by atoms with van der Waals surface area (Å²) < 4.78 is 7.95. The van der Waals surface area contributed by atoms with Crippen LogP contribution in [0, 0.1) is 23.2 Å². The van der Waals surface area contributed by atoms with Gasteiger partial charge in [-0.2, -0.15) is 5.26 Å². The molecule has 0 saturated heterocycles. The van der Waals surface area contributed by atoms with Gasteiger partial charge < -0.3 is 14.2 Å². The lowest BCUT2D eigenvalue weighted by Crippen LogP contribution is -2.32. The van der Waals surface area contributed by atoms with Crippen LogP contribution in [0.4, 0.5) is 5.69 Å². The normalized spacial score (nSPS) is 10.6. The number of carbonyl (C=O) groups excluding carboxylic acids is 1. The Morgan fingerprint density at radius 1 is 0.938 bits per heavy atom. The summed E-state index contributed by atoms with van der Waals surface area (Å²) in [7, 11) is 0. The fourth-order valence-electron chi connectivity index (χ4n) is 4.25. The Labute approximate surface area is 295 Å². The highest BCUT2D eigenvalue weighted by Crippen LogP contribution is 2.31. The van der Waals surface area contributed by atoms with Gasteiger partial charge in [0.05, 0.1) is 16.9 Å². The molecule has 1 amide bonds. The van der Waals surface area contributed by atoms with Crippen LogP contribution in [-0.2, 0) is 17.8 Å². The smallest absolute Gasteiger partial charge is 0.227 e. The zero-order valence-corrected chi connectivity index (χ0v) is 31.4. The standard InChI is InChI=1S/C19H16ClN3O.C15H23NO.C5H12.C2H6/c1-2-16-11-22-13-23(16)12-14-7-8-15(10-21)19(9-14)24-18-6-4-3-5-17(18)20;1-4-11-16(14-9-7-6-8-10-14)15(17)12-13(3)5-2;1-4-5(2)3;1-2/h3-9,11,13H,2,12H2,1H3;6-10,13H,4-5,11-12H2,1-3H3;5H,4H2,1-3H3;1-2H3. The van der Waals surface area contributed by atoms with Gasteiger partial charge in [-0.05, 0) is 66.6 Å². The molecular weight excluding hydrogens is 616 g/mol. The lowest BCUT2D eigenvalue weighted by molar-refractivity contribution is -0.119. The van der Waals surface area contributed by atoms with Crippen LogP contribution in [0.3, 0.4) is 0 Å². The van der Waals surface area contributed by atoms with Gasteiger partial charge in [0, 0.05) is 37.1 Å². The number of aryl methyl sites for hydroxylation is 1. The second-order valence-corrected chi connectivity index (χ2v) is 12.1. The summed E-state index contributed by atoms with van der Waals surface area (Å²) in [6.45, 7) is 20.6. The third kappa shape index (κ3) is 14.8. The van der Waals surface area contributed by atoms with E-state index in [9.17, 15) is 10.1 Å². The van der Waals surface area contributed by atoms with Crippen LogP contribution in [0.2, 0.25) is 5.02 Å². The quantitative estimate of drug-likeness (QED) is 0.150. The number of rotatable bonds is 12. The average Bonchev–Trinajstić information content (AvgIpc) is 3.57. The molecule has 0 saturated carbocycles. The fraction of sp³-hybridized carbons (Fsp3) is 0.439. The van der Waals surface area contributed by atoms with Crippen LogP contribution in [0.5, 0.6) is 11.5 Å². The summed E-state index contributed by atoms with van der Waals surface area (Å²) in [5.41, 5.74) is 3.68. The predicted molar refractivity (Wildman–Crippen MR) is 203 cm³/mol. The Kier molecular flexibility index (Phi) is 21.1. The number of aromatic nitrogens is 2. The molecule has 1 unspecified atom stereocenters. The average molecular weight is 673 g/mol. The molecule has 0 aliphatic rings. The van der Waals surface area contributed by atoms with Crippen molar-refractivity contribution in [3.63, 3.8) is 0 Å². The molecule has 0 radical (unpaired) electrons. The monoisotopic (exact) mass is 672 g/mol. The molecule has 48 heavy (non-hydrogen) atoms. The van der Waals surface area contributed by atoms with Gasteiger partial charge >= 0.3 is 0 Å². The topological polar surface area (TPSA) is 71.2 Å². The van der Waals surface area contributed by atoms with Crippen LogP contribution in [-0.4, -0.2) is 22.0 Å². The highest BCUT2D eigenvalue weighted by Gasteiger charge is 2.16. The van der Waals surface area contributed by atoms with E-state index < -0.39 is 0 Å². The van der Waals surface area contributed by atoms with Crippen molar-refractivity contribution in [2.75, 3.05) is 11.4 Å². The van der Waals surface area contributed by atoms with E-state index in [2.05, 4.69) is 64.1 Å². The zero-order valence-electron chi connectivity index (χ0n) is 30.7. The molecule has 4 rings (SSSR count). The van der Waals surface area contributed by atoms with Gasteiger partial charge in [-0.3, -0.25) is 4.79 Å². The lowest BCUT2D eigenvalue weighted by atomic mass is 10.0. The van der Waals surface area contributed by atoms with E-state index in [0.717, 1.165) is 48.7 Å². The molecule has 7 heteroatoms.